The van der Waals surface area contributed by atoms with Crippen molar-refractivity contribution in [1.82, 2.24) is 0 Å². The summed E-state index contributed by atoms with van der Waals surface area (Å²) in [6, 6.07) is 0. The third kappa shape index (κ3) is 4.27. The van der Waals surface area contributed by atoms with Crippen LogP contribution < -0.4 is 0 Å². The van der Waals surface area contributed by atoms with Gasteiger partial charge in [0.15, 0.2) is 5.79 Å². The minimum absolute atomic E-state index is 0.0187. The summed E-state index contributed by atoms with van der Waals surface area (Å²) in [6.07, 6.45) is 8.25. The van der Waals surface area contributed by atoms with E-state index in [1.165, 1.54) is 12.8 Å². The Balaban J connectivity index is 1.37. The number of aliphatic hydroxyl groups excluding tert-OH is 2. The van der Waals surface area contributed by atoms with Crippen molar-refractivity contribution in [3.63, 3.8) is 0 Å². The maximum atomic E-state index is 12.1. The molecule has 0 aliphatic heterocycles. The van der Waals surface area contributed by atoms with Gasteiger partial charge in [0.05, 0.1) is 18.1 Å². The Labute approximate surface area is 230 Å². The summed E-state index contributed by atoms with van der Waals surface area (Å²) >= 11 is 6.52. The van der Waals surface area contributed by atoms with Crippen molar-refractivity contribution in [2.45, 2.75) is 115 Å². The van der Waals surface area contributed by atoms with Gasteiger partial charge in [-0.05, 0) is 104 Å². The van der Waals surface area contributed by atoms with E-state index in [9.17, 15) is 15.3 Å². The average Bonchev–Trinajstić information content (AvgIpc) is 3.51. The van der Waals surface area contributed by atoms with Gasteiger partial charge in [-0.25, -0.2) is 0 Å². The first-order chi connectivity index (χ1) is 17.4. The first kappa shape index (κ1) is 28.6. The lowest BCUT2D eigenvalue weighted by molar-refractivity contribution is -0.267. The summed E-state index contributed by atoms with van der Waals surface area (Å²) in [4.78, 5) is 0. The molecule has 5 nitrogen and oxygen atoms in total. The molecule has 6 heteroatoms. The zero-order chi connectivity index (χ0) is 27.0. The molecule has 0 aromatic carbocycles. The molecular formula is C31H53ClO5. The maximum absolute atomic E-state index is 12.1. The number of fused-ring (bicyclic) bond motifs is 5. The molecule has 0 saturated heterocycles. The molecule has 0 amide bonds. The second kappa shape index (κ2) is 9.87. The van der Waals surface area contributed by atoms with E-state index in [0.717, 1.165) is 44.9 Å². The zero-order valence-corrected chi connectivity index (χ0v) is 24.8. The molecule has 0 aromatic heterocycles. The van der Waals surface area contributed by atoms with E-state index in [-0.39, 0.29) is 17.2 Å². The largest absolute Gasteiger partial charge is 0.393 e. The minimum Gasteiger partial charge on any atom is -0.393 e. The molecule has 0 spiro atoms. The van der Waals surface area contributed by atoms with Crippen molar-refractivity contribution in [2.24, 2.45) is 58.2 Å². The van der Waals surface area contributed by atoms with Gasteiger partial charge in [-0.1, -0.05) is 27.7 Å². The van der Waals surface area contributed by atoms with Crippen LogP contribution in [0.3, 0.4) is 0 Å². The van der Waals surface area contributed by atoms with E-state index in [0.29, 0.717) is 47.8 Å². The molecule has 3 N–H and O–H groups in total. The quantitative estimate of drug-likeness (QED) is 0.275. The molecule has 0 bridgehead atoms. The Kier molecular flexibility index (Phi) is 7.63. The van der Waals surface area contributed by atoms with Crippen molar-refractivity contribution in [2.75, 3.05) is 20.1 Å². The van der Waals surface area contributed by atoms with Crippen molar-refractivity contribution in [1.29, 1.82) is 0 Å². The monoisotopic (exact) mass is 540 g/mol. The summed E-state index contributed by atoms with van der Waals surface area (Å²) in [6.45, 7) is 9.15. The third-order valence-electron chi connectivity index (χ3n) is 13.4. The number of methoxy groups -OCH3 is 2. The van der Waals surface area contributed by atoms with Gasteiger partial charge in [0, 0.05) is 32.5 Å². The van der Waals surface area contributed by atoms with E-state index in [4.69, 9.17) is 21.1 Å². The van der Waals surface area contributed by atoms with Crippen molar-refractivity contribution in [3.05, 3.63) is 0 Å². The average molecular weight is 541 g/mol. The van der Waals surface area contributed by atoms with Crippen LogP contribution >= 0.6 is 11.6 Å². The molecule has 5 aliphatic rings. The molecule has 0 heterocycles. The van der Waals surface area contributed by atoms with Gasteiger partial charge >= 0.3 is 0 Å². The van der Waals surface area contributed by atoms with Crippen LogP contribution in [0.4, 0.5) is 0 Å². The van der Waals surface area contributed by atoms with E-state index >= 15 is 0 Å². The predicted octanol–water partition coefficient (Wildman–Crippen LogP) is 5.62. The van der Waals surface area contributed by atoms with Gasteiger partial charge in [0.2, 0.25) is 0 Å². The fraction of sp³-hybridized carbons (Fsp3) is 1.00. The summed E-state index contributed by atoms with van der Waals surface area (Å²) in [7, 11) is 3.54. The van der Waals surface area contributed by atoms with Crippen LogP contribution in [0.1, 0.15) is 91.9 Å². The smallest absolute Gasteiger partial charge is 0.167 e. The second-order valence-corrected chi connectivity index (χ2v) is 14.9. The van der Waals surface area contributed by atoms with E-state index in [1.807, 2.05) is 0 Å². The first-order valence-electron chi connectivity index (χ1n) is 15.1. The standard InChI is InChI=1S/C31H53ClO5/c1-18-13-22(18)19(2)14-27(34)31(35,17-32)25-10-9-23-21-8-7-20-16-30(36-5,37-6)12-11-28(20,3)24(21)15-26(33)29(23,25)4/h18-27,33-35H,7-17H2,1-6H3/t18-,19-,20+,21+,22+,23+,24+,25+,26-,27-,28+,29+,31+/m1/s1. The fourth-order valence-corrected chi connectivity index (χ4v) is 11.1. The molecule has 5 saturated carbocycles. The third-order valence-corrected chi connectivity index (χ3v) is 13.8. The molecule has 37 heavy (non-hydrogen) atoms. The Bertz CT molecular complexity index is 834. The van der Waals surface area contributed by atoms with Crippen molar-refractivity contribution >= 4 is 11.6 Å². The first-order valence-corrected chi connectivity index (χ1v) is 15.7. The fourth-order valence-electron chi connectivity index (χ4n) is 10.7. The Morgan fingerprint density at radius 2 is 1.70 bits per heavy atom. The lowest BCUT2D eigenvalue weighted by Gasteiger charge is -2.63. The van der Waals surface area contributed by atoms with Gasteiger partial charge in [-0.3, -0.25) is 0 Å². The predicted molar refractivity (Wildman–Crippen MR) is 146 cm³/mol. The van der Waals surface area contributed by atoms with Crippen LogP contribution in [0, 0.1) is 58.2 Å². The lowest BCUT2D eigenvalue weighted by atomic mass is 9.43. The number of rotatable bonds is 8. The molecule has 5 aliphatic carbocycles. The highest BCUT2D eigenvalue weighted by Gasteiger charge is 2.67. The van der Waals surface area contributed by atoms with Crippen LogP contribution in [0.15, 0.2) is 0 Å². The van der Waals surface area contributed by atoms with Crippen LogP contribution in [0.2, 0.25) is 0 Å². The highest BCUT2D eigenvalue weighted by molar-refractivity contribution is 6.18. The number of hydrogen-bond acceptors (Lipinski definition) is 5. The molecule has 0 aromatic rings. The SMILES string of the molecule is COC1(OC)CC[C@@]2(C)[C@@H](CC[C@@H]3[C@@H]2C[C@@H](O)[C@]2(C)[C@@H]([C@@](O)(CCl)[C@H](O)C[C@@H](C)[C@H]4C[C@H]4C)CC[C@@H]32)C1. The summed E-state index contributed by atoms with van der Waals surface area (Å²) in [5, 5.41) is 35.4. The van der Waals surface area contributed by atoms with Gasteiger partial charge < -0.3 is 24.8 Å². The van der Waals surface area contributed by atoms with Crippen LogP contribution in [0.25, 0.3) is 0 Å². The Morgan fingerprint density at radius 3 is 2.30 bits per heavy atom. The van der Waals surface area contributed by atoms with Crippen LogP contribution in [-0.2, 0) is 9.47 Å². The van der Waals surface area contributed by atoms with Crippen LogP contribution in [0.5, 0.6) is 0 Å². The summed E-state index contributed by atoms with van der Waals surface area (Å²) in [5.74, 6) is 2.98. The number of hydrogen-bond donors (Lipinski definition) is 3. The number of ether oxygens (including phenoxy) is 2. The molecule has 0 unspecified atom stereocenters. The molecule has 5 rings (SSSR count). The highest BCUT2D eigenvalue weighted by atomic mass is 35.5. The van der Waals surface area contributed by atoms with Gasteiger partial charge in [0.25, 0.3) is 0 Å². The normalized spacial score (nSPS) is 49.8. The summed E-state index contributed by atoms with van der Waals surface area (Å²) in [5.41, 5.74) is -1.63. The van der Waals surface area contributed by atoms with Crippen LogP contribution in [-0.4, -0.2) is 59.0 Å². The highest BCUT2D eigenvalue weighted by Crippen LogP contribution is 2.69. The van der Waals surface area contributed by atoms with Crippen molar-refractivity contribution < 1.29 is 24.8 Å². The topological polar surface area (TPSA) is 79.2 Å². The Morgan fingerprint density at radius 1 is 1.03 bits per heavy atom. The van der Waals surface area contributed by atoms with E-state index in [2.05, 4.69) is 27.7 Å². The number of alkyl halides is 1. The second-order valence-electron chi connectivity index (χ2n) is 14.7. The van der Waals surface area contributed by atoms with Gasteiger partial charge in [-0.2, -0.15) is 0 Å². The van der Waals surface area contributed by atoms with Crippen molar-refractivity contribution in [3.8, 4) is 0 Å². The minimum atomic E-state index is -1.37. The summed E-state index contributed by atoms with van der Waals surface area (Å²) < 4.78 is 11.7. The zero-order valence-electron chi connectivity index (χ0n) is 24.1. The van der Waals surface area contributed by atoms with E-state index < -0.39 is 29.0 Å². The van der Waals surface area contributed by atoms with E-state index in [1.54, 1.807) is 14.2 Å². The molecular weight excluding hydrogens is 488 g/mol. The Hall–Kier alpha value is 0.0900. The molecule has 214 valence electrons. The molecule has 13 atom stereocenters. The maximum Gasteiger partial charge on any atom is 0.167 e. The van der Waals surface area contributed by atoms with Gasteiger partial charge in [-0.15, -0.1) is 11.6 Å². The van der Waals surface area contributed by atoms with Gasteiger partial charge in [0.1, 0.15) is 5.60 Å². The molecule has 5 fully saturated rings. The number of aliphatic hydroxyl groups is 3. The molecule has 0 radical (unpaired) electrons. The number of halogens is 1. The lowest BCUT2D eigenvalue weighted by Crippen LogP contribution is -2.63.